The summed E-state index contributed by atoms with van der Waals surface area (Å²) in [5, 5.41) is 6.47. The molecule has 3 rings (SSSR count). The number of aromatic nitrogens is 3. The molecule has 2 heterocycles. The molecule has 0 saturated heterocycles. The van der Waals surface area contributed by atoms with Gasteiger partial charge in [0.1, 0.15) is 0 Å². The Hall–Kier alpha value is -2.24. The topological polar surface area (TPSA) is 76.9 Å². The number of nitrogens with one attached hydrogen (secondary N) is 1. The fourth-order valence-electron chi connectivity index (χ4n) is 2.13. The molecular formula is C15H13F3N4O2S2. The van der Waals surface area contributed by atoms with Gasteiger partial charge in [-0.25, -0.2) is 22.8 Å². The molecule has 1 aromatic carbocycles. The Labute approximate surface area is 151 Å². The first-order valence-corrected chi connectivity index (χ1v) is 9.73. The van der Waals surface area contributed by atoms with Crippen LogP contribution in [0.2, 0.25) is 0 Å². The molecule has 0 fully saturated rings. The van der Waals surface area contributed by atoms with E-state index >= 15 is 0 Å². The van der Waals surface area contributed by atoms with Gasteiger partial charge in [-0.15, -0.1) is 11.3 Å². The maximum atomic E-state index is 12.7. The van der Waals surface area contributed by atoms with E-state index in [4.69, 9.17) is 0 Å². The van der Waals surface area contributed by atoms with Crippen molar-refractivity contribution in [3.8, 4) is 5.13 Å². The summed E-state index contributed by atoms with van der Waals surface area (Å²) in [6, 6.07) is 5.38. The Bertz CT molecular complexity index is 982. The second-order valence-corrected chi connectivity index (χ2v) is 7.85. The minimum atomic E-state index is -4.60. The molecule has 11 heteroatoms. The summed E-state index contributed by atoms with van der Waals surface area (Å²) in [5.41, 5.74) is -0.351. The number of nitrogens with zero attached hydrogens (tertiary/aromatic N) is 3. The molecule has 0 aliphatic rings. The van der Waals surface area contributed by atoms with Crippen LogP contribution in [-0.4, -0.2) is 29.7 Å². The van der Waals surface area contributed by atoms with Crippen molar-refractivity contribution in [3.63, 3.8) is 0 Å². The van der Waals surface area contributed by atoms with Gasteiger partial charge in [-0.3, -0.25) is 0 Å². The quantitative estimate of drug-likeness (QED) is 0.688. The summed E-state index contributed by atoms with van der Waals surface area (Å²) >= 11 is 1.35. The van der Waals surface area contributed by atoms with Crippen LogP contribution in [0.25, 0.3) is 5.13 Å². The number of rotatable bonds is 6. The van der Waals surface area contributed by atoms with Gasteiger partial charge < -0.3 is 0 Å². The van der Waals surface area contributed by atoms with Crippen molar-refractivity contribution in [3.05, 3.63) is 59.4 Å². The average molecular weight is 402 g/mol. The lowest BCUT2D eigenvalue weighted by molar-refractivity contribution is -0.137. The zero-order chi connectivity index (χ0) is 18.8. The molecule has 0 aliphatic carbocycles. The number of benzene rings is 1. The first-order valence-electron chi connectivity index (χ1n) is 7.37. The van der Waals surface area contributed by atoms with Crippen LogP contribution in [0.3, 0.4) is 0 Å². The molecule has 0 atom stereocenters. The van der Waals surface area contributed by atoms with E-state index in [0.29, 0.717) is 23.3 Å². The highest BCUT2D eigenvalue weighted by Gasteiger charge is 2.31. The van der Waals surface area contributed by atoms with Crippen LogP contribution < -0.4 is 4.72 Å². The zero-order valence-electron chi connectivity index (χ0n) is 13.1. The van der Waals surface area contributed by atoms with Crippen LogP contribution in [0.15, 0.2) is 53.0 Å². The minimum absolute atomic E-state index is 0.0147. The van der Waals surface area contributed by atoms with Gasteiger partial charge in [-0.1, -0.05) is 6.07 Å². The second kappa shape index (κ2) is 7.17. The Morgan fingerprint density at radius 1 is 1.23 bits per heavy atom. The molecule has 0 spiro atoms. The summed E-state index contributed by atoms with van der Waals surface area (Å²) in [5.74, 6) is 0. The van der Waals surface area contributed by atoms with E-state index in [1.54, 1.807) is 28.5 Å². The van der Waals surface area contributed by atoms with Crippen LogP contribution in [-0.2, 0) is 22.6 Å². The molecule has 138 valence electrons. The first-order chi connectivity index (χ1) is 12.3. The van der Waals surface area contributed by atoms with E-state index < -0.39 is 26.7 Å². The van der Waals surface area contributed by atoms with Gasteiger partial charge in [0.05, 0.1) is 16.2 Å². The van der Waals surface area contributed by atoms with Crippen molar-refractivity contribution >= 4 is 21.4 Å². The third-order valence-corrected chi connectivity index (χ3v) is 5.72. The Morgan fingerprint density at radius 3 is 2.73 bits per heavy atom. The fraction of sp³-hybridized carbons (Fsp3) is 0.200. The van der Waals surface area contributed by atoms with Crippen molar-refractivity contribution in [2.45, 2.75) is 17.5 Å². The summed E-state index contributed by atoms with van der Waals surface area (Å²) in [7, 11) is -4.04. The maximum Gasteiger partial charge on any atom is 0.416 e. The molecule has 0 amide bonds. The van der Waals surface area contributed by atoms with Crippen molar-refractivity contribution in [2.24, 2.45) is 0 Å². The summed E-state index contributed by atoms with van der Waals surface area (Å²) in [4.78, 5) is 3.90. The van der Waals surface area contributed by atoms with Crippen molar-refractivity contribution < 1.29 is 21.6 Å². The maximum absolute atomic E-state index is 12.7. The van der Waals surface area contributed by atoms with Gasteiger partial charge in [-0.2, -0.15) is 18.3 Å². The molecule has 0 bridgehead atoms. The van der Waals surface area contributed by atoms with Gasteiger partial charge in [0, 0.05) is 30.7 Å². The molecule has 3 aromatic rings. The van der Waals surface area contributed by atoms with Gasteiger partial charge in [-0.05, 0) is 24.3 Å². The molecule has 0 aliphatic heterocycles. The van der Waals surface area contributed by atoms with Gasteiger partial charge in [0.2, 0.25) is 15.2 Å². The number of sulfonamides is 1. The van der Waals surface area contributed by atoms with Crippen LogP contribution >= 0.6 is 11.3 Å². The molecular weight excluding hydrogens is 389 g/mol. The standard InChI is InChI=1S/C15H13F3N4O2S2/c16-15(17,18)11-3-1-4-13(9-11)26(23,24)20-7-5-12-10-25-14(21-12)22-8-2-6-19-22/h1-4,6,8-10,20H,5,7H2. The van der Waals surface area contributed by atoms with Crippen LogP contribution in [0.4, 0.5) is 13.2 Å². The molecule has 6 nitrogen and oxygen atoms in total. The number of thiazole rings is 1. The SMILES string of the molecule is O=S(=O)(NCCc1csc(-n2cccn2)n1)c1cccc(C(F)(F)F)c1. The number of halogens is 3. The van der Waals surface area contributed by atoms with E-state index in [-0.39, 0.29) is 6.54 Å². The molecule has 26 heavy (non-hydrogen) atoms. The summed E-state index contributed by atoms with van der Waals surface area (Å²) in [6.07, 6.45) is -0.950. The molecule has 0 unspecified atom stereocenters. The highest BCUT2D eigenvalue weighted by atomic mass is 32.2. The predicted molar refractivity (Wildman–Crippen MR) is 89.6 cm³/mol. The van der Waals surface area contributed by atoms with Gasteiger partial charge >= 0.3 is 6.18 Å². The van der Waals surface area contributed by atoms with Crippen LogP contribution in [0.1, 0.15) is 11.3 Å². The van der Waals surface area contributed by atoms with E-state index in [9.17, 15) is 21.6 Å². The van der Waals surface area contributed by atoms with Crippen LogP contribution in [0, 0.1) is 0 Å². The van der Waals surface area contributed by atoms with Gasteiger partial charge in [0.15, 0.2) is 0 Å². The Morgan fingerprint density at radius 2 is 2.04 bits per heavy atom. The number of alkyl halides is 3. The first kappa shape index (κ1) is 18.5. The highest BCUT2D eigenvalue weighted by molar-refractivity contribution is 7.89. The lowest BCUT2D eigenvalue weighted by atomic mass is 10.2. The zero-order valence-corrected chi connectivity index (χ0v) is 14.8. The molecule has 1 N–H and O–H groups in total. The van der Waals surface area contributed by atoms with Crippen molar-refractivity contribution in [1.82, 2.24) is 19.5 Å². The number of hydrogen-bond donors (Lipinski definition) is 1. The van der Waals surface area contributed by atoms with Gasteiger partial charge in [0.25, 0.3) is 0 Å². The molecule has 0 saturated carbocycles. The molecule has 0 radical (unpaired) electrons. The van der Waals surface area contributed by atoms with E-state index in [1.165, 1.54) is 11.3 Å². The normalized spacial score (nSPS) is 12.4. The second-order valence-electron chi connectivity index (χ2n) is 5.25. The fourth-order valence-corrected chi connectivity index (χ4v) is 4.01. The Balaban J connectivity index is 1.64. The predicted octanol–water partition coefficient (Wildman–Crippen LogP) is 2.87. The summed E-state index contributed by atoms with van der Waals surface area (Å²) < 4.78 is 66.4. The largest absolute Gasteiger partial charge is 0.416 e. The number of hydrogen-bond acceptors (Lipinski definition) is 5. The van der Waals surface area contributed by atoms with E-state index in [2.05, 4.69) is 14.8 Å². The highest BCUT2D eigenvalue weighted by Crippen LogP contribution is 2.30. The lowest BCUT2D eigenvalue weighted by Crippen LogP contribution is -2.26. The average Bonchev–Trinajstić information content (AvgIpc) is 3.25. The third-order valence-electron chi connectivity index (χ3n) is 3.38. The van der Waals surface area contributed by atoms with E-state index in [0.717, 1.165) is 18.2 Å². The lowest BCUT2D eigenvalue weighted by Gasteiger charge is -2.10. The van der Waals surface area contributed by atoms with Crippen molar-refractivity contribution in [1.29, 1.82) is 0 Å². The Kier molecular flexibility index (Phi) is 5.12. The van der Waals surface area contributed by atoms with Crippen LogP contribution in [0.5, 0.6) is 0 Å². The monoisotopic (exact) mass is 402 g/mol. The van der Waals surface area contributed by atoms with E-state index in [1.807, 2.05) is 0 Å². The third kappa shape index (κ3) is 4.29. The molecule has 2 aromatic heterocycles. The summed E-state index contributed by atoms with van der Waals surface area (Å²) in [6.45, 7) is 0.0147. The van der Waals surface area contributed by atoms with Crippen molar-refractivity contribution in [2.75, 3.05) is 6.54 Å². The smallest absolute Gasteiger partial charge is 0.223 e. The minimum Gasteiger partial charge on any atom is -0.223 e.